The molecule has 2 aromatic heterocycles. The molecular weight excluding hydrogens is 388 g/mol. The van der Waals surface area contributed by atoms with Crippen LogP contribution in [0.2, 0.25) is 0 Å². The Hall–Kier alpha value is -2.70. The topological polar surface area (TPSA) is 62.8 Å². The number of benzene rings is 2. The first-order valence-electron chi connectivity index (χ1n) is 8.84. The van der Waals surface area contributed by atoms with E-state index in [1.54, 1.807) is 0 Å². The Kier molecular flexibility index (Phi) is 5.15. The normalized spacial score (nSPS) is 11.1. The lowest BCUT2D eigenvalue weighted by Gasteiger charge is -2.04. The fourth-order valence-electron chi connectivity index (χ4n) is 2.86. The predicted molar refractivity (Wildman–Crippen MR) is 117 cm³/mol. The van der Waals surface area contributed by atoms with Crippen LogP contribution in [0.1, 0.15) is 21.5 Å². The van der Waals surface area contributed by atoms with Gasteiger partial charge in [-0.25, -0.2) is 4.98 Å². The van der Waals surface area contributed by atoms with Crippen molar-refractivity contribution >= 4 is 39.1 Å². The van der Waals surface area contributed by atoms with Gasteiger partial charge in [0.1, 0.15) is 4.83 Å². The van der Waals surface area contributed by atoms with Crippen molar-refractivity contribution in [2.24, 2.45) is 0 Å². The van der Waals surface area contributed by atoms with E-state index in [0.29, 0.717) is 20.9 Å². The lowest BCUT2D eigenvalue weighted by molar-refractivity contribution is 0.102. The Morgan fingerprint density at radius 1 is 1.07 bits per heavy atom. The number of aromatic nitrogens is 2. The highest BCUT2D eigenvalue weighted by Crippen LogP contribution is 2.31. The van der Waals surface area contributed by atoms with E-state index in [2.05, 4.69) is 9.97 Å². The van der Waals surface area contributed by atoms with E-state index in [0.717, 1.165) is 21.6 Å². The molecule has 0 radical (unpaired) electrons. The van der Waals surface area contributed by atoms with Crippen LogP contribution in [-0.2, 0) is 0 Å². The highest BCUT2D eigenvalue weighted by atomic mass is 32.2. The number of thioether (sulfide) groups is 1. The number of carbonyl (C=O) groups is 1. The van der Waals surface area contributed by atoms with E-state index in [1.807, 2.05) is 68.4 Å². The quantitative estimate of drug-likeness (QED) is 0.280. The monoisotopic (exact) mass is 406 g/mol. The second-order valence-corrected chi connectivity index (χ2v) is 8.57. The molecular formula is C22H18N2O2S2. The van der Waals surface area contributed by atoms with Gasteiger partial charge < -0.3 is 4.98 Å². The minimum Gasteiger partial charge on any atom is -0.301 e. The Balaban J connectivity index is 1.56. The van der Waals surface area contributed by atoms with Gasteiger partial charge in [-0.15, -0.1) is 11.3 Å². The minimum atomic E-state index is -0.176. The average molecular weight is 407 g/mol. The van der Waals surface area contributed by atoms with Gasteiger partial charge in [-0.3, -0.25) is 9.59 Å². The van der Waals surface area contributed by atoms with Crippen molar-refractivity contribution in [3.63, 3.8) is 0 Å². The molecule has 0 atom stereocenters. The number of fused-ring (bicyclic) bond motifs is 1. The smallest absolute Gasteiger partial charge is 0.260 e. The first-order chi connectivity index (χ1) is 13.5. The number of ketones is 1. The maximum Gasteiger partial charge on any atom is 0.260 e. The van der Waals surface area contributed by atoms with Gasteiger partial charge in [0.25, 0.3) is 5.56 Å². The number of H-pyrrole nitrogens is 1. The van der Waals surface area contributed by atoms with E-state index in [1.165, 1.54) is 23.1 Å². The van der Waals surface area contributed by atoms with Crippen LogP contribution < -0.4 is 5.56 Å². The molecule has 0 aliphatic rings. The van der Waals surface area contributed by atoms with Gasteiger partial charge in [0.05, 0.1) is 11.1 Å². The molecule has 1 N–H and O–H groups in total. The summed E-state index contributed by atoms with van der Waals surface area (Å²) >= 11 is 2.74. The molecule has 0 saturated carbocycles. The lowest BCUT2D eigenvalue weighted by Crippen LogP contribution is -2.09. The summed E-state index contributed by atoms with van der Waals surface area (Å²) in [6.45, 7) is 4.01. The van der Waals surface area contributed by atoms with Crippen LogP contribution in [0, 0.1) is 13.8 Å². The number of nitrogens with one attached hydrogen (secondary N) is 1. The number of hydrogen-bond acceptors (Lipinski definition) is 5. The third-order valence-corrected chi connectivity index (χ3v) is 6.56. The number of carbonyl (C=O) groups excluding carboxylic acids is 1. The molecule has 0 aliphatic carbocycles. The molecule has 0 fully saturated rings. The summed E-state index contributed by atoms with van der Waals surface area (Å²) in [4.78, 5) is 34.0. The van der Waals surface area contributed by atoms with Gasteiger partial charge >= 0.3 is 0 Å². The molecule has 4 rings (SSSR count). The van der Waals surface area contributed by atoms with Gasteiger partial charge in [-0.05, 0) is 42.7 Å². The van der Waals surface area contributed by atoms with Crippen LogP contribution in [0.4, 0.5) is 0 Å². The first kappa shape index (κ1) is 18.7. The van der Waals surface area contributed by atoms with Gasteiger partial charge in [-0.2, -0.15) is 0 Å². The summed E-state index contributed by atoms with van der Waals surface area (Å²) in [7, 11) is 0. The molecule has 2 aromatic carbocycles. The van der Waals surface area contributed by atoms with E-state index < -0.39 is 0 Å². The number of rotatable bonds is 5. The number of thiophene rings is 1. The molecule has 140 valence electrons. The van der Waals surface area contributed by atoms with Crippen molar-refractivity contribution in [3.05, 3.63) is 81.6 Å². The minimum absolute atomic E-state index is 0.0204. The van der Waals surface area contributed by atoms with Crippen molar-refractivity contribution in [2.75, 3.05) is 5.75 Å². The van der Waals surface area contributed by atoms with Gasteiger partial charge in [0, 0.05) is 10.4 Å². The van der Waals surface area contributed by atoms with E-state index in [9.17, 15) is 9.59 Å². The van der Waals surface area contributed by atoms with Crippen molar-refractivity contribution in [3.8, 4) is 10.4 Å². The lowest BCUT2D eigenvalue weighted by atomic mass is 10.0. The Morgan fingerprint density at radius 2 is 1.86 bits per heavy atom. The standard InChI is InChI=1S/C22H18N2O2S2/c1-13-8-9-16(10-14(13)2)18(25)12-27-22-23-20(26)17-11-19(28-21(17)24-22)15-6-4-3-5-7-15/h3-11H,12H2,1-2H3,(H,23,24,26). The molecule has 0 saturated heterocycles. The molecule has 0 unspecified atom stereocenters. The molecule has 0 bridgehead atoms. The number of nitrogens with zero attached hydrogens (tertiary/aromatic N) is 1. The first-order valence-corrected chi connectivity index (χ1v) is 10.6. The maximum absolute atomic E-state index is 12.5. The second-order valence-electron chi connectivity index (χ2n) is 6.58. The number of hydrogen-bond donors (Lipinski definition) is 1. The molecule has 0 aliphatic heterocycles. The maximum atomic E-state index is 12.5. The molecule has 4 nitrogen and oxygen atoms in total. The van der Waals surface area contributed by atoms with Crippen LogP contribution in [0.15, 0.2) is 64.5 Å². The van der Waals surface area contributed by atoms with Gasteiger partial charge in [0.2, 0.25) is 0 Å². The fourth-order valence-corrected chi connectivity index (χ4v) is 4.71. The summed E-state index contributed by atoms with van der Waals surface area (Å²) in [6.07, 6.45) is 0. The van der Waals surface area contributed by atoms with Crippen molar-refractivity contribution in [1.29, 1.82) is 0 Å². The second kappa shape index (κ2) is 7.73. The molecule has 2 heterocycles. The molecule has 6 heteroatoms. The van der Waals surface area contributed by atoms with Gasteiger partial charge in [-0.1, -0.05) is 54.2 Å². The summed E-state index contributed by atoms with van der Waals surface area (Å²) < 4.78 is 0. The summed E-state index contributed by atoms with van der Waals surface area (Å²) in [5.74, 6) is 0.250. The average Bonchev–Trinajstić information content (AvgIpc) is 3.14. The number of aryl methyl sites for hydroxylation is 2. The third kappa shape index (κ3) is 3.79. The predicted octanol–water partition coefficient (Wildman–Crippen LogP) is 5.24. The van der Waals surface area contributed by atoms with Crippen LogP contribution >= 0.6 is 23.1 Å². The van der Waals surface area contributed by atoms with Crippen molar-refractivity contribution in [2.45, 2.75) is 19.0 Å². The Bertz CT molecular complexity index is 1230. The van der Waals surface area contributed by atoms with Crippen LogP contribution in [-0.4, -0.2) is 21.5 Å². The van der Waals surface area contributed by atoms with E-state index >= 15 is 0 Å². The zero-order valence-electron chi connectivity index (χ0n) is 15.5. The zero-order valence-corrected chi connectivity index (χ0v) is 17.1. The van der Waals surface area contributed by atoms with E-state index in [-0.39, 0.29) is 17.1 Å². The number of aromatic amines is 1. The Labute approximate surface area is 170 Å². The SMILES string of the molecule is Cc1ccc(C(=O)CSc2nc3sc(-c4ccccc4)cc3c(=O)[nH]2)cc1C. The molecule has 28 heavy (non-hydrogen) atoms. The van der Waals surface area contributed by atoms with Crippen LogP contribution in [0.5, 0.6) is 0 Å². The van der Waals surface area contributed by atoms with E-state index in [4.69, 9.17) is 0 Å². The number of Topliss-reactive ketones (excluding diaryl/α,β-unsaturated/α-hetero) is 1. The molecule has 0 amide bonds. The molecule has 0 spiro atoms. The van der Waals surface area contributed by atoms with Gasteiger partial charge in [0.15, 0.2) is 10.9 Å². The summed E-state index contributed by atoms with van der Waals surface area (Å²) in [5.41, 5.74) is 3.82. The van der Waals surface area contributed by atoms with Crippen molar-refractivity contribution < 1.29 is 4.79 Å². The largest absolute Gasteiger partial charge is 0.301 e. The van der Waals surface area contributed by atoms with Crippen LogP contribution in [0.3, 0.4) is 0 Å². The molecule has 4 aromatic rings. The summed E-state index contributed by atoms with van der Waals surface area (Å²) in [5, 5.41) is 1.05. The van der Waals surface area contributed by atoms with Crippen LogP contribution in [0.25, 0.3) is 20.7 Å². The van der Waals surface area contributed by atoms with Crippen molar-refractivity contribution in [1.82, 2.24) is 9.97 Å². The summed E-state index contributed by atoms with van der Waals surface area (Å²) in [6, 6.07) is 17.5. The fraction of sp³-hybridized carbons (Fsp3) is 0.136. The third-order valence-electron chi connectivity index (χ3n) is 4.61. The zero-order chi connectivity index (χ0) is 19.7. The Morgan fingerprint density at radius 3 is 2.61 bits per heavy atom. The highest BCUT2D eigenvalue weighted by molar-refractivity contribution is 7.99. The highest BCUT2D eigenvalue weighted by Gasteiger charge is 2.13.